The van der Waals surface area contributed by atoms with E-state index in [4.69, 9.17) is 4.99 Å². The molecule has 0 spiro atoms. The van der Waals surface area contributed by atoms with E-state index in [-0.39, 0.29) is 11.9 Å². The third-order valence-electron chi connectivity index (χ3n) is 7.66. The summed E-state index contributed by atoms with van der Waals surface area (Å²) in [5.41, 5.74) is 3.58. The zero-order valence-electron chi connectivity index (χ0n) is 20.4. The van der Waals surface area contributed by atoms with Crippen LogP contribution in [0.5, 0.6) is 0 Å². The Balaban J connectivity index is 1.12. The number of allylic oxidation sites excluding steroid dienone is 2. The van der Waals surface area contributed by atoms with Gasteiger partial charge in [0.25, 0.3) is 5.91 Å². The van der Waals surface area contributed by atoms with Crippen LogP contribution in [0, 0.1) is 0 Å². The lowest BCUT2D eigenvalue weighted by Gasteiger charge is -2.36. The van der Waals surface area contributed by atoms with Crippen LogP contribution in [0.1, 0.15) is 25.8 Å². The van der Waals surface area contributed by atoms with E-state index >= 15 is 0 Å². The van der Waals surface area contributed by atoms with Gasteiger partial charge in [-0.2, -0.15) is 0 Å². The van der Waals surface area contributed by atoms with Gasteiger partial charge in [-0.15, -0.1) is 0 Å². The molecule has 34 heavy (non-hydrogen) atoms. The molecule has 9 heteroatoms. The van der Waals surface area contributed by atoms with E-state index in [2.05, 4.69) is 57.3 Å². The Morgan fingerprint density at radius 2 is 1.62 bits per heavy atom. The number of amides is 3. The van der Waals surface area contributed by atoms with Crippen LogP contribution in [0.25, 0.3) is 0 Å². The summed E-state index contributed by atoms with van der Waals surface area (Å²) in [6.45, 7) is 11.4. The fourth-order valence-electron chi connectivity index (χ4n) is 5.42. The highest BCUT2D eigenvalue weighted by atomic mass is 16.2. The van der Waals surface area contributed by atoms with Crippen molar-refractivity contribution in [2.24, 2.45) is 4.99 Å². The van der Waals surface area contributed by atoms with Crippen molar-refractivity contribution in [1.29, 1.82) is 0 Å². The largest absolute Gasteiger partial charge is 0.325 e. The van der Waals surface area contributed by atoms with Crippen molar-refractivity contribution >= 4 is 17.9 Å². The van der Waals surface area contributed by atoms with Gasteiger partial charge in [0, 0.05) is 57.7 Å². The van der Waals surface area contributed by atoms with Crippen molar-refractivity contribution in [3.63, 3.8) is 0 Å². The smallest absolute Gasteiger partial charge is 0.313 e. The number of rotatable bonds is 7. The number of nitrogens with one attached hydrogen (secondary N) is 1. The number of benzene rings is 1. The van der Waals surface area contributed by atoms with Gasteiger partial charge in [0.1, 0.15) is 0 Å². The summed E-state index contributed by atoms with van der Waals surface area (Å²) in [5, 5.41) is 2.45. The van der Waals surface area contributed by atoms with E-state index in [0.29, 0.717) is 0 Å². The molecule has 1 aromatic carbocycles. The van der Waals surface area contributed by atoms with Crippen LogP contribution in [0.15, 0.2) is 46.7 Å². The van der Waals surface area contributed by atoms with Crippen molar-refractivity contribution in [2.45, 2.75) is 38.9 Å². The maximum atomic E-state index is 12.6. The molecule has 1 N–H and O–H groups in total. The number of carbonyl (C=O) groups is 2. The number of piperazine rings is 1. The SMILES string of the molecule is CC1=C(C)N2C(=NC3C2C(=O)NC(=O)N3C)N1CCN1CCN(CCCc2ccccc2)CC1. The molecule has 9 nitrogen and oxygen atoms in total. The maximum absolute atomic E-state index is 12.6. The molecule has 2 saturated heterocycles. The van der Waals surface area contributed by atoms with Crippen LogP contribution >= 0.6 is 0 Å². The normalized spacial score (nSPS) is 25.6. The number of carbonyl (C=O) groups excluding carboxylic acids is 2. The minimum Gasteiger partial charge on any atom is -0.313 e. The first-order chi connectivity index (χ1) is 16.4. The number of nitrogens with zero attached hydrogens (tertiary/aromatic N) is 6. The monoisotopic (exact) mass is 465 g/mol. The van der Waals surface area contributed by atoms with Gasteiger partial charge in [0.05, 0.1) is 0 Å². The molecule has 2 fully saturated rings. The molecule has 4 aliphatic heterocycles. The molecule has 2 unspecified atom stereocenters. The molecular formula is C25H35N7O2. The van der Waals surface area contributed by atoms with Crippen LogP contribution in [0.3, 0.4) is 0 Å². The number of urea groups is 1. The van der Waals surface area contributed by atoms with Gasteiger partial charge in [0.2, 0.25) is 5.96 Å². The average Bonchev–Trinajstić information content (AvgIpc) is 3.34. The second kappa shape index (κ2) is 9.38. The van der Waals surface area contributed by atoms with E-state index in [0.717, 1.165) is 69.6 Å². The highest BCUT2D eigenvalue weighted by Crippen LogP contribution is 2.35. The third-order valence-corrected chi connectivity index (χ3v) is 7.66. The zero-order chi connectivity index (χ0) is 23.8. The van der Waals surface area contributed by atoms with Gasteiger partial charge < -0.3 is 14.7 Å². The van der Waals surface area contributed by atoms with Gasteiger partial charge in [-0.3, -0.25) is 19.9 Å². The van der Waals surface area contributed by atoms with E-state index in [1.807, 2.05) is 11.8 Å². The van der Waals surface area contributed by atoms with E-state index < -0.39 is 12.2 Å². The third kappa shape index (κ3) is 4.18. The van der Waals surface area contributed by atoms with Gasteiger partial charge >= 0.3 is 6.03 Å². The van der Waals surface area contributed by atoms with Crippen molar-refractivity contribution < 1.29 is 9.59 Å². The Labute approximate surface area is 201 Å². The average molecular weight is 466 g/mol. The number of aliphatic imine (C=N–C) groups is 1. The maximum Gasteiger partial charge on any atom is 0.325 e. The minimum atomic E-state index is -0.489. The number of aryl methyl sites for hydroxylation is 1. The predicted molar refractivity (Wildman–Crippen MR) is 131 cm³/mol. The Hall–Kier alpha value is -2.91. The standard InChI is InChI=1S/C25H35N7O2/c1-18-19(2)32-21-22(28(3)25(34)27-23(21)33)26-24(32)31(18)17-16-30-14-12-29(13-15-30)11-7-10-20-8-5-4-6-9-20/h4-6,8-9,21-22H,7,10-17H2,1-3H3,(H,27,33,34). The number of hydrogen-bond donors (Lipinski definition) is 1. The highest BCUT2D eigenvalue weighted by Gasteiger charge is 2.53. The number of guanidine groups is 1. The van der Waals surface area contributed by atoms with Crippen LogP contribution in [-0.2, 0) is 11.2 Å². The van der Waals surface area contributed by atoms with Crippen LogP contribution in [0.2, 0.25) is 0 Å². The minimum absolute atomic E-state index is 0.274. The molecule has 4 heterocycles. The van der Waals surface area contributed by atoms with Crippen LogP contribution < -0.4 is 5.32 Å². The molecule has 4 aliphatic rings. The zero-order valence-corrected chi connectivity index (χ0v) is 20.4. The Morgan fingerprint density at radius 3 is 2.32 bits per heavy atom. The lowest BCUT2D eigenvalue weighted by molar-refractivity contribution is -0.126. The molecule has 0 aromatic heterocycles. The molecule has 0 bridgehead atoms. The van der Waals surface area contributed by atoms with Crippen molar-refractivity contribution in [3.8, 4) is 0 Å². The second-order valence-corrected chi connectivity index (χ2v) is 9.66. The summed E-state index contributed by atoms with van der Waals surface area (Å²) in [4.78, 5) is 40.3. The number of fused-ring (bicyclic) bond motifs is 3. The van der Waals surface area contributed by atoms with Crippen LogP contribution in [-0.4, -0.2) is 107 Å². The fraction of sp³-hybridized carbons (Fsp3) is 0.560. The second-order valence-electron chi connectivity index (χ2n) is 9.66. The van der Waals surface area contributed by atoms with E-state index in [1.54, 1.807) is 7.05 Å². The Bertz CT molecular complexity index is 1000. The summed E-state index contributed by atoms with van der Waals surface area (Å²) in [5.74, 6) is 0.519. The van der Waals surface area contributed by atoms with E-state index in [9.17, 15) is 9.59 Å². The molecule has 0 aliphatic carbocycles. The topological polar surface area (TPSA) is 74.7 Å². The highest BCUT2D eigenvalue weighted by molar-refractivity contribution is 6.05. The van der Waals surface area contributed by atoms with Crippen molar-refractivity contribution in [1.82, 2.24) is 29.8 Å². The van der Waals surface area contributed by atoms with Crippen molar-refractivity contribution in [3.05, 3.63) is 47.3 Å². The Kier molecular flexibility index (Phi) is 6.31. The number of imide groups is 1. The first-order valence-corrected chi connectivity index (χ1v) is 12.3. The first kappa shape index (κ1) is 22.9. The molecule has 182 valence electrons. The van der Waals surface area contributed by atoms with E-state index in [1.165, 1.54) is 16.9 Å². The number of hydrogen-bond acceptors (Lipinski definition) is 7. The van der Waals surface area contributed by atoms with Gasteiger partial charge in [-0.05, 0) is 38.8 Å². The summed E-state index contributed by atoms with van der Waals surface area (Å²) >= 11 is 0. The molecule has 3 amide bonds. The first-order valence-electron chi connectivity index (χ1n) is 12.3. The van der Waals surface area contributed by atoms with Gasteiger partial charge in [-0.1, -0.05) is 30.3 Å². The van der Waals surface area contributed by atoms with Gasteiger partial charge in [-0.25, -0.2) is 9.79 Å². The lowest BCUT2D eigenvalue weighted by atomic mass is 10.1. The summed E-state index contributed by atoms with van der Waals surface area (Å²) in [6, 6.07) is 9.85. The Morgan fingerprint density at radius 1 is 0.941 bits per heavy atom. The molecule has 5 rings (SSSR count). The fourth-order valence-corrected chi connectivity index (χ4v) is 5.42. The molecule has 0 radical (unpaired) electrons. The molecule has 2 atom stereocenters. The van der Waals surface area contributed by atoms with Gasteiger partial charge in [0.15, 0.2) is 12.2 Å². The quantitative estimate of drug-likeness (QED) is 0.655. The summed E-state index contributed by atoms with van der Waals surface area (Å²) in [7, 11) is 1.70. The molecule has 0 saturated carbocycles. The summed E-state index contributed by atoms with van der Waals surface area (Å²) in [6.07, 6.45) is 1.87. The number of likely N-dealkylation sites (N-methyl/N-ethyl adjacent to an activating group) is 1. The lowest BCUT2D eigenvalue weighted by Crippen LogP contribution is -2.63. The van der Waals surface area contributed by atoms with Crippen molar-refractivity contribution in [2.75, 3.05) is 52.9 Å². The van der Waals surface area contributed by atoms with Crippen LogP contribution in [0.4, 0.5) is 4.79 Å². The molecule has 1 aromatic rings. The summed E-state index contributed by atoms with van der Waals surface area (Å²) < 4.78 is 0. The predicted octanol–water partition coefficient (Wildman–Crippen LogP) is 1.35. The molecular weight excluding hydrogens is 430 g/mol.